The molecule has 104 valence electrons. The Morgan fingerprint density at radius 1 is 1.00 bits per heavy atom. The average molecular weight is 270 g/mol. The number of allylic oxidation sites excluding steroid dienone is 1. The Morgan fingerprint density at radius 3 is 2.30 bits per heavy atom. The zero-order valence-electron chi connectivity index (χ0n) is 11.3. The molecule has 0 aromatic heterocycles. The average Bonchev–Trinajstić information content (AvgIpc) is 2.62. The molecule has 3 nitrogen and oxygen atoms in total. The van der Waals surface area contributed by atoms with E-state index in [4.69, 9.17) is 0 Å². The summed E-state index contributed by atoms with van der Waals surface area (Å²) < 4.78 is 0. The zero-order valence-corrected chi connectivity index (χ0v) is 11.3. The molecule has 3 rings (SSSR count). The zero-order chi connectivity index (χ0) is 14.2. The molecule has 2 aliphatic carbocycles. The number of rotatable bonds is 1. The van der Waals surface area contributed by atoms with Crippen LogP contribution < -0.4 is 0 Å². The molecule has 0 saturated carbocycles. The predicted molar refractivity (Wildman–Crippen MR) is 75.8 cm³/mol. The van der Waals surface area contributed by atoms with Crippen molar-refractivity contribution in [3.63, 3.8) is 0 Å². The lowest BCUT2D eigenvalue weighted by Crippen LogP contribution is -2.47. The summed E-state index contributed by atoms with van der Waals surface area (Å²) >= 11 is 0. The fourth-order valence-corrected chi connectivity index (χ4v) is 3.24. The summed E-state index contributed by atoms with van der Waals surface area (Å²) in [5.74, 6) is -1.28. The van der Waals surface area contributed by atoms with Crippen LogP contribution in [-0.4, -0.2) is 22.3 Å². The second-order valence-electron chi connectivity index (χ2n) is 5.64. The molecule has 0 spiro atoms. The third-order valence-electron chi connectivity index (χ3n) is 4.40. The molecule has 0 aliphatic heterocycles. The van der Waals surface area contributed by atoms with E-state index >= 15 is 0 Å². The summed E-state index contributed by atoms with van der Waals surface area (Å²) in [5, 5.41) is 10.8. The lowest BCUT2D eigenvalue weighted by Gasteiger charge is -2.28. The third-order valence-corrected chi connectivity index (χ3v) is 4.40. The van der Waals surface area contributed by atoms with Crippen molar-refractivity contribution in [2.24, 2.45) is 5.92 Å². The van der Waals surface area contributed by atoms with Gasteiger partial charge in [-0.1, -0.05) is 49.3 Å². The molecule has 20 heavy (non-hydrogen) atoms. The number of carbonyl (C=O) groups is 2. The van der Waals surface area contributed by atoms with Gasteiger partial charge >= 0.3 is 0 Å². The van der Waals surface area contributed by atoms with Gasteiger partial charge in [-0.25, -0.2) is 0 Å². The number of benzene rings is 1. The van der Waals surface area contributed by atoms with Gasteiger partial charge in [-0.05, 0) is 19.3 Å². The van der Waals surface area contributed by atoms with Gasteiger partial charge in [-0.2, -0.15) is 0 Å². The minimum atomic E-state index is -1.89. The van der Waals surface area contributed by atoms with Gasteiger partial charge < -0.3 is 5.11 Å². The number of hydrogen-bond donors (Lipinski definition) is 1. The van der Waals surface area contributed by atoms with Crippen LogP contribution in [-0.2, 0) is 0 Å². The van der Waals surface area contributed by atoms with E-state index < -0.39 is 23.1 Å². The van der Waals surface area contributed by atoms with Crippen molar-refractivity contribution in [1.29, 1.82) is 0 Å². The minimum Gasteiger partial charge on any atom is -0.374 e. The highest BCUT2D eigenvalue weighted by atomic mass is 16.3. The molecule has 1 N–H and O–H groups in total. The van der Waals surface area contributed by atoms with E-state index in [9.17, 15) is 14.7 Å². The molecule has 1 atom stereocenters. The van der Waals surface area contributed by atoms with Crippen molar-refractivity contribution in [2.75, 3.05) is 0 Å². The first-order valence-corrected chi connectivity index (χ1v) is 7.23. The summed E-state index contributed by atoms with van der Waals surface area (Å²) in [7, 11) is 0. The molecule has 0 fully saturated rings. The second kappa shape index (κ2) is 4.98. The Hall–Kier alpha value is -1.74. The molecule has 0 amide bonds. The molecular formula is C17H18O3. The van der Waals surface area contributed by atoms with Crippen LogP contribution in [0.5, 0.6) is 0 Å². The normalized spacial score (nSPS) is 25.1. The van der Waals surface area contributed by atoms with E-state index in [1.54, 1.807) is 24.3 Å². The van der Waals surface area contributed by atoms with E-state index in [1.165, 1.54) is 0 Å². The number of fused-ring (bicyclic) bond motifs is 1. The number of ketones is 2. The molecule has 0 heterocycles. The van der Waals surface area contributed by atoms with E-state index in [-0.39, 0.29) is 0 Å². The fourth-order valence-electron chi connectivity index (χ4n) is 3.24. The molecule has 0 radical (unpaired) electrons. The maximum atomic E-state index is 12.5. The highest BCUT2D eigenvalue weighted by molar-refractivity contribution is 6.32. The van der Waals surface area contributed by atoms with Crippen molar-refractivity contribution < 1.29 is 14.7 Å². The topological polar surface area (TPSA) is 54.4 Å². The van der Waals surface area contributed by atoms with Gasteiger partial charge in [0.05, 0.1) is 0 Å². The van der Waals surface area contributed by atoms with Crippen LogP contribution in [0.2, 0.25) is 0 Å². The summed E-state index contributed by atoms with van der Waals surface area (Å²) in [6.07, 6.45) is 8.62. The number of aliphatic hydroxyl groups is 1. The molecule has 2 aliphatic rings. The van der Waals surface area contributed by atoms with Crippen molar-refractivity contribution in [2.45, 2.75) is 37.7 Å². The SMILES string of the molecule is O=C1c2ccccc2C(=O)C1(O)C1C=CCCCCC1. The molecule has 1 unspecified atom stereocenters. The Balaban J connectivity index is 2.02. The fraction of sp³-hybridized carbons (Fsp3) is 0.412. The maximum Gasteiger partial charge on any atom is 0.203 e. The highest BCUT2D eigenvalue weighted by Crippen LogP contribution is 2.38. The van der Waals surface area contributed by atoms with Gasteiger partial charge in [-0.15, -0.1) is 0 Å². The second-order valence-corrected chi connectivity index (χ2v) is 5.64. The largest absolute Gasteiger partial charge is 0.374 e. The standard InChI is InChI=1S/C17H18O3/c18-15-13-10-6-7-11-14(13)16(19)17(15,20)12-8-4-2-1-3-5-9-12/h4,6-8,10-12,20H,1-3,5,9H2. The Labute approximate surface area is 118 Å². The highest BCUT2D eigenvalue weighted by Gasteiger charge is 2.55. The van der Waals surface area contributed by atoms with E-state index in [1.807, 2.05) is 12.2 Å². The molecule has 3 heteroatoms. The van der Waals surface area contributed by atoms with Gasteiger partial charge in [-0.3, -0.25) is 9.59 Å². The quantitative estimate of drug-likeness (QED) is 0.630. The molecule has 0 bridgehead atoms. The lowest BCUT2D eigenvalue weighted by atomic mass is 9.78. The first-order chi connectivity index (χ1) is 9.65. The summed E-state index contributed by atoms with van der Waals surface area (Å²) in [6, 6.07) is 6.70. The Kier molecular flexibility index (Phi) is 3.30. The van der Waals surface area contributed by atoms with Crippen LogP contribution in [0.15, 0.2) is 36.4 Å². The number of Topliss-reactive ketones (excluding diaryl/α,β-unsaturated/α-hetero) is 2. The first-order valence-electron chi connectivity index (χ1n) is 7.23. The molecule has 0 saturated heterocycles. The van der Waals surface area contributed by atoms with Gasteiger partial charge in [0.2, 0.25) is 11.6 Å². The molecular weight excluding hydrogens is 252 g/mol. The van der Waals surface area contributed by atoms with Crippen LogP contribution >= 0.6 is 0 Å². The van der Waals surface area contributed by atoms with Crippen molar-refractivity contribution in [3.8, 4) is 0 Å². The molecule has 1 aromatic carbocycles. The smallest absolute Gasteiger partial charge is 0.203 e. The number of hydrogen-bond acceptors (Lipinski definition) is 3. The number of carbonyl (C=O) groups excluding carboxylic acids is 2. The summed E-state index contributed by atoms with van der Waals surface area (Å²) in [5.41, 5.74) is -1.18. The summed E-state index contributed by atoms with van der Waals surface area (Å²) in [6.45, 7) is 0. The lowest BCUT2D eigenvalue weighted by molar-refractivity contribution is 0.0154. The monoisotopic (exact) mass is 270 g/mol. The third kappa shape index (κ3) is 1.85. The minimum absolute atomic E-state index is 0.357. The van der Waals surface area contributed by atoms with Crippen LogP contribution in [0.3, 0.4) is 0 Å². The van der Waals surface area contributed by atoms with Crippen molar-refractivity contribution in [1.82, 2.24) is 0 Å². The van der Waals surface area contributed by atoms with E-state index in [0.29, 0.717) is 17.5 Å². The van der Waals surface area contributed by atoms with Crippen LogP contribution in [0.25, 0.3) is 0 Å². The van der Waals surface area contributed by atoms with Crippen LogP contribution in [0.4, 0.5) is 0 Å². The van der Waals surface area contributed by atoms with Crippen LogP contribution in [0, 0.1) is 5.92 Å². The van der Waals surface area contributed by atoms with Crippen molar-refractivity contribution in [3.05, 3.63) is 47.5 Å². The van der Waals surface area contributed by atoms with Gasteiger partial charge in [0.15, 0.2) is 5.60 Å². The van der Waals surface area contributed by atoms with Crippen LogP contribution in [0.1, 0.15) is 52.8 Å². The Bertz CT molecular complexity index is 551. The van der Waals surface area contributed by atoms with Crippen molar-refractivity contribution >= 4 is 11.6 Å². The van der Waals surface area contributed by atoms with E-state index in [0.717, 1.165) is 25.7 Å². The Morgan fingerprint density at radius 2 is 1.65 bits per heavy atom. The predicted octanol–water partition coefficient (Wildman–Crippen LogP) is 2.93. The molecule has 1 aromatic rings. The first kappa shape index (κ1) is 13.3. The van der Waals surface area contributed by atoms with Gasteiger partial charge in [0.1, 0.15) is 0 Å². The maximum absolute atomic E-state index is 12.5. The van der Waals surface area contributed by atoms with Gasteiger partial charge in [0.25, 0.3) is 0 Å². The summed E-state index contributed by atoms with van der Waals surface area (Å²) in [4.78, 5) is 25.0. The van der Waals surface area contributed by atoms with Gasteiger partial charge in [0, 0.05) is 17.0 Å². The van der Waals surface area contributed by atoms with E-state index in [2.05, 4.69) is 0 Å².